The van der Waals surface area contributed by atoms with Crippen LogP contribution in [0.4, 0.5) is 0 Å². The summed E-state index contributed by atoms with van der Waals surface area (Å²) in [6.07, 6.45) is 2.77. The molecule has 0 bridgehead atoms. The number of rotatable bonds is 0. The van der Waals surface area contributed by atoms with Crippen LogP contribution in [0, 0.1) is 0 Å². The van der Waals surface area contributed by atoms with Gasteiger partial charge in [0.1, 0.15) is 0 Å². The van der Waals surface area contributed by atoms with Crippen LogP contribution in [0.2, 0.25) is 0 Å². The molecule has 0 aliphatic carbocycles. The zero-order valence-electron chi connectivity index (χ0n) is 4.59. The summed E-state index contributed by atoms with van der Waals surface area (Å²) in [4.78, 5) is 0. The SMILES string of the molecule is CC1CCCN1[SeH]. The molecule has 0 saturated carbocycles. The Labute approximate surface area is 53.1 Å². The van der Waals surface area contributed by atoms with Crippen LogP contribution in [0.1, 0.15) is 19.8 Å². The Morgan fingerprint density at radius 2 is 2.43 bits per heavy atom. The van der Waals surface area contributed by atoms with E-state index < -0.39 is 0 Å². The zero-order chi connectivity index (χ0) is 5.28. The predicted molar refractivity (Wildman–Crippen MR) is 32.6 cm³/mol. The van der Waals surface area contributed by atoms with Gasteiger partial charge in [-0.25, -0.2) is 0 Å². The van der Waals surface area contributed by atoms with Gasteiger partial charge < -0.3 is 0 Å². The van der Waals surface area contributed by atoms with E-state index in [0.717, 1.165) is 6.04 Å². The first-order chi connectivity index (χ1) is 3.30. The van der Waals surface area contributed by atoms with Crippen molar-refractivity contribution in [2.24, 2.45) is 0 Å². The van der Waals surface area contributed by atoms with Crippen molar-refractivity contribution in [3.63, 3.8) is 0 Å². The van der Waals surface area contributed by atoms with Crippen molar-refractivity contribution < 1.29 is 0 Å². The van der Waals surface area contributed by atoms with Gasteiger partial charge in [0.25, 0.3) is 0 Å². The van der Waals surface area contributed by atoms with Gasteiger partial charge in [0.2, 0.25) is 0 Å². The van der Waals surface area contributed by atoms with E-state index >= 15 is 0 Å². The van der Waals surface area contributed by atoms with Crippen LogP contribution in [-0.4, -0.2) is 32.7 Å². The fraction of sp³-hybridized carbons (Fsp3) is 1.00. The summed E-state index contributed by atoms with van der Waals surface area (Å²) in [6, 6.07) is 0.819. The molecule has 1 nitrogen and oxygen atoms in total. The van der Waals surface area contributed by atoms with Gasteiger partial charge in [-0.2, -0.15) is 0 Å². The Kier molecular flexibility index (Phi) is 1.74. The summed E-state index contributed by atoms with van der Waals surface area (Å²) in [5.74, 6) is 0. The zero-order valence-corrected chi connectivity index (χ0v) is 6.47. The third-order valence-corrected chi connectivity index (χ3v) is 2.76. The average Bonchev–Trinajstić information content (AvgIpc) is 1.91. The molecule has 1 saturated heterocycles. The van der Waals surface area contributed by atoms with Crippen LogP contribution < -0.4 is 0 Å². The van der Waals surface area contributed by atoms with Gasteiger partial charge in [0.15, 0.2) is 0 Å². The van der Waals surface area contributed by atoms with Crippen molar-refractivity contribution in [2.45, 2.75) is 25.8 Å². The van der Waals surface area contributed by atoms with Crippen LogP contribution in [0.3, 0.4) is 0 Å². The van der Waals surface area contributed by atoms with Crippen molar-refractivity contribution in [1.29, 1.82) is 0 Å². The molecule has 1 aliphatic heterocycles. The normalized spacial score (nSPS) is 34.3. The molecule has 0 aromatic carbocycles. The Bertz CT molecular complexity index is 57.1. The molecule has 1 heterocycles. The van der Waals surface area contributed by atoms with E-state index in [-0.39, 0.29) is 0 Å². The van der Waals surface area contributed by atoms with E-state index in [1.54, 1.807) is 0 Å². The monoisotopic (exact) mass is 165 g/mol. The number of nitrogens with zero attached hydrogens (tertiary/aromatic N) is 1. The fourth-order valence-electron chi connectivity index (χ4n) is 0.918. The second-order valence-electron chi connectivity index (χ2n) is 2.15. The summed E-state index contributed by atoms with van der Waals surface area (Å²) < 4.78 is 2.34. The summed E-state index contributed by atoms with van der Waals surface area (Å²) in [7, 11) is 0. The van der Waals surface area contributed by atoms with E-state index in [1.165, 1.54) is 19.4 Å². The molecule has 1 rings (SSSR count). The van der Waals surface area contributed by atoms with Crippen LogP contribution >= 0.6 is 0 Å². The molecule has 0 aromatic rings. The summed E-state index contributed by atoms with van der Waals surface area (Å²) in [6.45, 7) is 3.55. The molecule has 2 heteroatoms. The van der Waals surface area contributed by atoms with Crippen LogP contribution in [0.15, 0.2) is 0 Å². The van der Waals surface area contributed by atoms with Crippen molar-refractivity contribution in [3.8, 4) is 0 Å². The Morgan fingerprint density at radius 1 is 1.71 bits per heavy atom. The summed E-state index contributed by atoms with van der Waals surface area (Å²) in [5, 5.41) is 0. The van der Waals surface area contributed by atoms with Crippen LogP contribution in [0.25, 0.3) is 0 Å². The molecule has 42 valence electrons. The van der Waals surface area contributed by atoms with E-state index in [2.05, 4.69) is 27.1 Å². The van der Waals surface area contributed by atoms with Gasteiger partial charge in [-0.3, -0.25) is 0 Å². The second-order valence-corrected chi connectivity index (χ2v) is 3.23. The first-order valence-corrected chi connectivity index (χ1v) is 3.60. The number of hydrogen-bond acceptors (Lipinski definition) is 1. The molecular weight excluding hydrogens is 153 g/mol. The van der Waals surface area contributed by atoms with Crippen molar-refractivity contribution >= 4 is 16.2 Å². The first kappa shape index (κ1) is 5.61. The first-order valence-electron chi connectivity index (χ1n) is 2.76. The van der Waals surface area contributed by atoms with Crippen molar-refractivity contribution in [1.82, 2.24) is 3.92 Å². The second kappa shape index (κ2) is 2.16. The van der Waals surface area contributed by atoms with Gasteiger partial charge in [-0.05, 0) is 0 Å². The molecule has 0 aromatic heterocycles. The molecular formula is C5H11NSe. The van der Waals surface area contributed by atoms with E-state index in [9.17, 15) is 0 Å². The van der Waals surface area contributed by atoms with Gasteiger partial charge in [0, 0.05) is 0 Å². The molecule has 7 heavy (non-hydrogen) atoms. The Balaban J connectivity index is 2.33. The molecule has 0 spiro atoms. The Morgan fingerprint density at radius 3 is 2.57 bits per heavy atom. The minimum atomic E-state index is 0.819. The van der Waals surface area contributed by atoms with Crippen molar-refractivity contribution in [2.75, 3.05) is 6.54 Å². The average molecular weight is 164 g/mol. The predicted octanol–water partition coefficient (Wildman–Crippen LogP) is 0.287. The van der Waals surface area contributed by atoms with Gasteiger partial charge >= 0.3 is 52.5 Å². The minimum absolute atomic E-state index is 0.819. The maximum absolute atomic E-state index is 2.61. The standard InChI is InChI=1S/C5H11NSe/c1-5-3-2-4-6(5)7/h5,7H,2-4H2,1H3. The Hall–Kier alpha value is 0.479. The topological polar surface area (TPSA) is 3.24 Å². The third-order valence-electron chi connectivity index (χ3n) is 1.52. The van der Waals surface area contributed by atoms with Gasteiger partial charge in [-0.15, -0.1) is 0 Å². The third kappa shape index (κ3) is 1.18. The van der Waals surface area contributed by atoms with Crippen LogP contribution in [0.5, 0.6) is 0 Å². The van der Waals surface area contributed by atoms with E-state index in [4.69, 9.17) is 0 Å². The van der Waals surface area contributed by atoms with E-state index in [1.807, 2.05) is 0 Å². The van der Waals surface area contributed by atoms with E-state index in [0.29, 0.717) is 0 Å². The molecule has 0 radical (unpaired) electrons. The molecule has 1 fully saturated rings. The molecule has 0 amide bonds. The van der Waals surface area contributed by atoms with Crippen LogP contribution in [-0.2, 0) is 0 Å². The summed E-state index contributed by atoms with van der Waals surface area (Å²) in [5.41, 5.74) is 0. The molecule has 1 unspecified atom stereocenters. The van der Waals surface area contributed by atoms with Gasteiger partial charge in [0.05, 0.1) is 0 Å². The molecule has 1 aliphatic rings. The molecule has 1 atom stereocenters. The van der Waals surface area contributed by atoms with Crippen molar-refractivity contribution in [3.05, 3.63) is 0 Å². The number of hydrogen-bond donors (Lipinski definition) is 0. The maximum atomic E-state index is 2.61. The summed E-state index contributed by atoms with van der Waals surface area (Å²) >= 11 is 2.61. The molecule has 0 N–H and O–H groups in total. The fourth-order valence-corrected chi connectivity index (χ4v) is 1.46. The quantitative estimate of drug-likeness (QED) is 0.465. The van der Waals surface area contributed by atoms with Gasteiger partial charge in [-0.1, -0.05) is 0 Å².